The van der Waals surface area contributed by atoms with Crippen LogP contribution < -0.4 is 15.5 Å². The Morgan fingerprint density at radius 1 is 1.08 bits per heavy atom. The number of hydrogen-bond donors (Lipinski definition) is 3. The van der Waals surface area contributed by atoms with Gasteiger partial charge in [-0.2, -0.15) is 0 Å². The normalized spacial score (nSPS) is 10.5. The first-order chi connectivity index (χ1) is 12.6. The lowest BCUT2D eigenvalue weighted by molar-refractivity contribution is 0.0706. The molecular weight excluding hydrogens is 336 g/mol. The number of hydrogen-bond acceptors (Lipinski definition) is 5. The van der Waals surface area contributed by atoms with Gasteiger partial charge in [0.1, 0.15) is 17.9 Å². The van der Waals surface area contributed by atoms with E-state index in [9.17, 15) is 9.59 Å². The molecule has 26 heavy (non-hydrogen) atoms. The fraction of sp³-hybridized carbons (Fsp3) is 0.158. The zero-order valence-corrected chi connectivity index (χ0v) is 14.1. The van der Waals surface area contributed by atoms with Crippen LogP contribution in [-0.2, 0) is 0 Å². The molecule has 3 N–H and O–H groups in total. The van der Waals surface area contributed by atoms with E-state index in [2.05, 4.69) is 5.32 Å². The van der Waals surface area contributed by atoms with Crippen molar-refractivity contribution in [2.75, 3.05) is 13.2 Å². The van der Waals surface area contributed by atoms with Gasteiger partial charge in [0.25, 0.3) is 11.8 Å². The van der Waals surface area contributed by atoms with Gasteiger partial charge in [0.05, 0.1) is 6.54 Å². The number of para-hydroxylation sites is 1. The van der Waals surface area contributed by atoms with Crippen LogP contribution in [0.25, 0.3) is 11.0 Å². The van der Waals surface area contributed by atoms with E-state index in [1.54, 1.807) is 17.6 Å². The highest BCUT2D eigenvalue weighted by Gasteiger charge is 2.16. The predicted octanol–water partition coefficient (Wildman–Crippen LogP) is 2.67. The molecule has 0 bridgehead atoms. The number of rotatable bonds is 6. The van der Waals surface area contributed by atoms with Crippen molar-refractivity contribution in [3.63, 3.8) is 0 Å². The summed E-state index contributed by atoms with van der Waals surface area (Å²) in [6.45, 7) is 2.41. The molecule has 0 aliphatic carbocycles. The van der Waals surface area contributed by atoms with Gasteiger partial charge in [-0.3, -0.25) is 14.8 Å². The summed E-state index contributed by atoms with van der Waals surface area (Å²) >= 11 is 0. The fourth-order valence-corrected chi connectivity index (χ4v) is 2.57. The summed E-state index contributed by atoms with van der Waals surface area (Å²) in [5.74, 6) is -0.0403. The largest absolute Gasteiger partial charge is 0.492 e. The number of benzene rings is 2. The molecule has 0 atom stereocenters. The molecule has 3 aromatic rings. The molecule has 3 rings (SSSR count). The monoisotopic (exact) mass is 354 g/mol. The summed E-state index contributed by atoms with van der Waals surface area (Å²) in [6.07, 6.45) is 0. The standard InChI is InChI=1S/C19H18N2O5/c1-12-15-4-2-3-5-16(15)26-17(12)19(23)20-10-11-25-14-8-6-13(7-9-14)18(22)21-24/h2-9,24H,10-11H2,1H3,(H,20,23)(H,21,22). The highest BCUT2D eigenvalue weighted by atomic mass is 16.5. The number of ether oxygens (including phenoxy) is 1. The van der Waals surface area contributed by atoms with Crippen molar-refractivity contribution < 1.29 is 24.0 Å². The molecule has 1 aromatic heterocycles. The van der Waals surface area contributed by atoms with Gasteiger partial charge in [-0.25, -0.2) is 5.48 Å². The average Bonchev–Trinajstić information content (AvgIpc) is 3.02. The smallest absolute Gasteiger partial charge is 0.287 e. The Hall–Kier alpha value is -3.32. The van der Waals surface area contributed by atoms with Gasteiger partial charge in [0, 0.05) is 16.5 Å². The Morgan fingerprint density at radius 3 is 2.50 bits per heavy atom. The minimum Gasteiger partial charge on any atom is -0.492 e. The van der Waals surface area contributed by atoms with Crippen LogP contribution in [0.5, 0.6) is 5.75 Å². The summed E-state index contributed by atoms with van der Waals surface area (Å²) in [5, 5.41) is 12.2. The van der Waals surface area contributed by atoms with Gasteiger partial charge >= 0.3 is 0 Å². The minimum absolute atomic E-state index is 0.260. The lowest BCUT2D eigenvalue weighted by Crippen LogP contribution is -2.28. The first-order valence-corrected chi connectivity index (χ1v) is 8.04. The van der Waals surface area contributed by atoms with E-state index < -0.39 is 5.91 Å². The molecule has 2 aromatic carbocycles. The number of fused-ring (bicyclic) bond motifs is 1. The first kappa shape index (κ1) is 17.5. The number of carbonyl (C=O) groups excluding carboxylic acids is 2. The van der Waals surface area contributed by atoms with Crippen molar-refractivity contribution in [2.24, 2.45) is 0 Å². The second-order valence-electron chi connectivity index (χ2n) is 5.62. The van der Waals surface area contributed by atoms with Crippen molar-refractivity contribution in [3.05, 3.63) is 65.4 Å². The topological polar surface area (TPSA) is 101 Å². The molecule has 2 amide bonds. The number of aryl methyl sites for hydroxylation is 1. The van der Waals surface area contributed by atoms with Crippen LogP contribution in [0.1, 0.15) is 26.5 Å². The van der Waals surface area contributed by atoms with E-state index in [1.165, 1.54) is 12.1 Å². The van der Waals surface area contributed by atoms with E-state index in [0.29, 0.717) is 29.2 Å². The second-order valence-corrected chi connectivity index (χ2v) is 5.62. The van der Waals surface area contributed by atoms with E-state index in [4.69, 9.17) is 14.4 Å². The van der Waals surface area contributed by atoms with Gasteiger partial charge in [-0.1, -0.05) is 18.2 Å². The molecule has 0 unspecified atom stereocenters. The lowest BCUT2D eigenvalue weighted by Gasteiger charge is -2.08. The number of amides is 2. The SMILES string of the molecule is Cc1c(C(=O)NCCOc2ccc(C(=O)NO)cc2)oc2ccccc12. The minimum atomic E-state index is -0.593. The number of furan rings is 1. The van der Waals surface area contributed by atoms with Gasteiger partial charge in [0.15, 0.2) is 5.76 Å². The van der Waals surface area contributed by atoms with E-state index in [-0.39, 0.29) is 12.5 Å². The summed E-state index contributed by atoms with van der Waals surface area (Å²) < 4.78 is 11.1. The molecule has 0 saturated heterocycles. The molecule has 1 heterocycles. The Labute approximate surface area is 149 Å². The van der Waals surface area contributed by atoms with Crippen LogP contribution in [0.3, 0.4) is 0 Å². The highest BCUT2D eigenvalue weighted by Crippen LogP contribution is 2.24. The Bertz CT molecular complexity index is 931. The van der Waals surface area contributed by atoms with Crippen LogP contribution in [0.4, 0.5) is 0 Å². The van der Waals surface area contributed by atoms with Crippen molar-refractivity contribution in [3.8, 4) is 5.75 Å². The molecule has 0 radical (unpaired) electrons. The molecular formula is C19H18N2O5. The van der Waals surface area contributed by atoms with Gasteiger partial charge in [-0.05, 0) is 37.3 Å². The predicted molar refractivity (Wildman–Crippen MR) is 94.5 cm³/mol. The molecule has 0 saturated carbocycles. The van der Waals surface area contributed by atoms with E-state index in [1.807, 2.05) is 31.2 Å². The highest BCUT2D eigenvalue weighted by molar-refractivity contribution is 5.98. The molecule has 0 aliphatic heterocycles. The van der Waals surface area contributed by atoms with Crippen LogP contribution >= 0.6 is 0 Å². The number of carbonyl (C=O) groups is 2. The summed E-state index contributed by atoms with van der Waals surface area (Å²) in [4.78, 5) is 23.5. The molecule has 0 aliphatic rings. The summed E-state index contributed by atoms with van der Waals surface area (Å²) in [6, 6.07) is 13.8. The van der Waals surface area contributed by atoms with Gasteiger partial charge in [-0.15, -0.1) is 0 Å². The maximum atomic E-state index is 12.3. The molecule has 7 nitrogen and oxygen atoms in total. The molecule has 0 fully saturated rings. The maximum Gasteiger partial charge on any atom is 0.287 e. The summed E-state index contributed by atoms with van der Waals surface area (Å²) in [5.41, 5.74) is 3.35. The zero-order chi connectivity index (χ0) is 18.5. The van der Waals surface area contributed by atoms with Crippen LogP contribution in [-0.4, -0.2) is 30.2 Å². The van der Waals surface area contributed by atoms with Crippen molar-refractivity contribution in [2.45, 2.75) is 6.92 Å². The molecule has 0 spiro atoms. The first-order valence-electron chi connectivity index (χ1n) is 8.04. The van der Waals surface area contributed by atoms with E-state index >= 15 is 0 Å². The third-order valence-electron chi connectivity index (χ3n) is 3.92. The lowest BCUT2D eigenvalue weighted by atomic mass is 10.1. The number of nitrogens with one attached hydrogen (secondary N) is 2. The third kappa shape index (κ3) is 3.68. The maximum absolute atomic E-state index is 12.3. The van der Waals surface area contributed by atoms with Gasteiger partial charge < -0.3 is 14.5 Å². The van der Waals surface area contributed by atoms with Crippen LogP contribution in [0.2, 0.25) is 0 Å². The Morgan fingerprint density at radius 2 is 1.81 bits per heavy atom. The third-order valence-corrected chi connectivity index (χ3v) is 3.92. The van der Waals surface area contributed by atoms with E-state index in [0.717, 1.165) is 10.9 Å². The average molecular weight is 354 g/mol. The van der Waals surface area contributed by atoms with Crippen molar-refractivity contribution in [1.29, 1.82) is 0 Å². The van der Waals surface area contributed by atoms with Crippen LogP contribution in [0, 0.1) is 6.92 Å². The molecule has 134 valence electrons. The second kappa shape index (κ2) is 7.71. The Balaban J connectivity index is 1.52. The Kier molecular flexibility index (Phi) is 5.19. The van der Waals surface area contributed by atoms with Crippen molar-refractivity contribution in [1.82, 2.24) is 10.8 Å². The summed E-state index contributed by atoms with van der Waals surface area (Å²) in [7, 11) is 0. The van der Waals surface area contributed by atoms with Crippen molar-refractivity contribution >= 4 is 22.8 Å². The van der Waals surface area contributed by atoms with Crippen LogP contribution in [0.15, 0.2) is 52.9 Å². The zero-order valence-electron chi connectivity index (χ0n) is 14.1. The van der Waals surface area contributed by atoms with Gasteiger partial charge in [0.2, 0.25) is 0 Å². The molecule has 7 heteroatoms. The fourth-order valence-electron chi connectivity index (χ4n) is 2.57. The quantitative estimate of drug-likeness (QED) is 0.359. The number of hydroxylamine groups is 1.